The van der Waals surface area contributed by atoms with Crippen LogP contribution in [0.5, 0.6) is 0 Å². The number of likely N-dealkylation sites (N-methyl/N-ethyl adjacent to an activating group) is 1. The summed E-state index contributed by atoms with van der Waals surface area (Å²) in [5.74, 6) is -0.232. The molecule has 1 aliphatic heterocycles. The van der Waals surface area contributed by atoms with Crippen LogP contribution in [0.25, 0.3) is 0 Å². The van der Waals surface area contributed by atoms with E-state index in [1.165, 1.54) is 5.56 Å². The number of amides is 2. The molecule has 6 nitrogen and oxygen atoms in total. The van der Waals surface area contributed by atoms with Gasteiger partial charge in [-0.1, -0.05) is 42.5 Å². The molecule has 1 unspecified atom stereocenters. The van der Waals surface area contributed by atoms with Crippen molar-refractivity contribution in [2.24, 2.45) is 0 Å². The van der Waals surface area contributed by atoms with E-state index in [4.69, 9.17) is 4.74 Å². The van der Waals surface area contributed by atoms with Crippen molar-refractivity contribution in [2.45, 2.75) is 19.1 Å². The summed E-state index contributed by atoms with van der Waals surface area (Å²) in [6.07, 6.45) is 0.927. The van der Waals surface area contributed by atoms with Crippen molar-refractivity contribution in [1.29, 1.82) is 0 Å². The van der Waals surface area contributed by atoms with Crippen LogP contribution >= 0.6 is 0 Å². The van der Waals surface area contributed by atoms with E-state index in [1.807, 2.05) is 30.3 Å². The van der Waals surface area contributed by atoms with E-state index in [9.17, 15) is 9.59 Å². The van der Waals surface area contributed by atoms with Crippen molar-refractivity contribution < 1.29 is 14.3 Å². The van der Waals surface area contributed by atoms with Gasteiger partial charge >= 0.3 is 0 Å². The van der Waals surface area contributed by atoms with Gasteiger partial charge in [-0.2, -0.15) is 0 Å². The van der Waals surface area contributed by atoms with Gasteiger partial charge in [-0.25, -0.2) is 0 Å². The van der Waals surface area contributed by atoms with Gasteiger partial charge in [0.25, 0.3) is 5.91 Å². The van der Waals surface area contributed by atoms with Crippen molar-refractivity contribution in [3.05, 3.63) is 71.3 Å². The number of benzene rings is 2. The smallest absolute Gasteiger partial charge is 0.254 e. The predicted octanol–water partition coefficient (Wildman–Crippen LogP) is 1.95. The molecule has 0 aromatic heterocycles. The number of carbonyl (C=O) groups is 2. The number of hydrogen-bond donors (Lipinski definition) is 1. The molecule has 29 heavy (non-hydrogen) atoms. The van der Waals surface area contributed by atoms with Gasteiger partial charge in [0.2, 0.25) is 5.91 Å². The Morgan fingerprint density at radius 3 is 2.41 bits per heavy atom. The summed E-state index contributed by atoms with van der Waals surface area (Å²) >= 11 is 0. The molecule has 2 aromatic carbocycles. The zero-order chi connectivity index (χ0) is 20.6. The van der Waals surface area contributed by atoms with Crippen LogP contribution in [0, 0.1) is 0 Å². The number of hydrogen-bond acceptors (Lipinski definition) is 4. The molecular formula is C23H29N3O3. The Morgan fingerprint density at radius 2 is 1.76 bits per heavy atom. The first kappa shape index (κ1) is 21.0. The minimum Gasteiger partial charge on any atom is -0.380 e. The summed E-state index contributed by atoms with van der Waals surface area (Å²) in [5, 5.41) is 2.72. The lowest BCUT2D eigenvalue weighted by Crippen LogP contribution is -2.60. The molecule has 0 saturated carbocycles. The highest BCUT2D eigenvalue weighted by Crippen LogP contribution is 2.16. The Balaban J connectivity index is 1.67. The minimum absolute atomic E-state index is 0.106. The van der Waals surface area contributed by atoms with E-state index in [2.05, 4.69) is 22.3 Å². The third-order valence-corrected chi connectivity index (χ3v) is 5.35. The van der Waals surface area contributed by atoms with Crippen LogP contribution in [0.15, 0.2) is 54.6 Å². The molecule has 0 bridgehead atoms. The maximum Gasteiger partial charge on any atom is 0.254 e. The van der Waals surface area contributed by atoms with Gasteiger partial charge in [0.1, 0.15) is 6.04 Å². The summed E-state index contributed by atoms with van der Waals surface area (Å²) in [7, 11) is 3.26. The number of rotatable bonds is 7. The Morgan fingerprint density at radius 1 is 1.03 bits per heavy atom. The fourth-order valence-corrected chi connectivity index (χ4v) is 3.68. The molecular weight excluding hydrogens is 366 g/mol. The molecule has 0 aliphatic carbocycles. The van der Waals surface area contributed by atoms with Crippen LogP contribution in [0.4, 0.5) is 0 Å². The Hall–Kier alpha value is -2.70. The van der Waals surface area contributed by atoms with Crippen molar-refractivity contribution in [3.8, 4) is 0 Å². The van der Waals surface area contributed by atoms with Crippen LogP contribution in [-0.2, 0) is 22.6 Å². The van der Waals surface area contributed by atoms with Crippen LogP contribution in [0.2, 0.25) is 0 Å². The Labute approximate surface area is 172 Å². The average Bonchev–Trinajstić information content (AvgIpc) is 2.78. The van der Waals surface area contributed by atoms with Gasteiger partial charge in [-0.15, -0.1) is 0 Å². The molecule has 3 rings (SSSR count). The molecule has 0 radical (unpaired) electrons. The zero-order valence-corrected chi connectivity index (χ0v) is 17.1. The molecule has 1 fully saturated rings. The van der Waals surface area contributed by atoms with E-state index in [-0.39, 0.29) is 11.8 Å². The number of piperazine rings is 1. The molecule has 1 heterocycles. The molecule has 2 aromatic rings. The first-order valence-corrected chi connectivity index (χ1v) is 9.99. The lowest BCUT2D eigenvalue weighted by Gasteiger charge is -2.40. The summed E-state index contributed by atoms with van der Waals surface area (Å²) in [6.45, 7) is 3.21. The molecule has 154 valence electrons. The Bertz CT molecular complexity index is 808. The molecule has 2 amide bonds. The largest absolute Gasteiger partial charge is 0.380 e. The van der Waals surface area contributed by atoms with Crippen LogP contribution in [-0.4, -0.2) is 68.0 Å². The summed E-state index contributed by atoms with van der Waals surface area (Å²) in [5.41, 5.74) is 2.88. The third kappa shape index (κ3) is 5.43. The molecule has 0 spiro atoms. The second kappa shape index (κ2) is 10.2. The second-order valence-corrected chi connectivity index (χ2v) is 7.29. The summed E-state index contributed by atoms with van der Waals surface area (Å²) in [4.78, 5) is 29.6. The van der Waals surface area contributed by atoms with Gasteiger partial charge < -0.3 is 15.0 Å². The lowest BCUT2D eigenvalue weighted by atomic mass is 10.1. The minimum atomic E-state index is -0.490. The highest BCUT2D eigenvalue weighted by atomic mass is 16.5. The van der Waals surface area contributed by atoms with Crippen molar-refractivity contribution in [1.82, 2.24) is 15.1 Å². The van der Waals surface area contributed by atoms with E-state index in [0.29, 0.717) is 25.3 Å². The molecule has 6 heteroatoms. The van der Waals surface area contributed by atoms with E-state index >= 15 is 0 Å². The topological polar surface area (TPSA) is 61.9 Å². The van der Waals surface area contributed by atoms with E-state index < -0.39 is 6.04 Å². The molecule has 1 aliphatic rings. The molecule has 1 N–H and O–H groups in total. The fraction of sp³-hybridized carbons (Fsp3) is 0.391. The quantitative estimate of drug-likeness (QED) is 0.778. The van der Waals surface area contributed by atoms with Gasteiger partial charge in [0.15, 0.2) is 0 Å². The number of ether oxygens (including phenoxy) is 1. The first-order chi connectivity index (χ1) is 14.1. The zero-order valence-electron chi connectivity index (χ0n) is 17.1. The third-order valence-electron chi connectivity index (χ3n) is 5.35. The van der Waals surface area contributed by atoms with Gasteiger partial charge in [0.05, 0.1) is 6.61 Å². The number of nitrogens with zero attached hydrogens (tertiary/aromatic N) is 2. The highest BCUT2D eigenvalue weighted by Gasteiger charge is 2.35. The summed E-state index contributed by atoms with van der Waals surface area (Å²) < 4.78 is 5.12. The maximum absolute atomic E-state index is 13.1. The van der Waals surface area contributed by atoms with Crippen LogP contribution in [0.3, 0.4) is 0 Å². The predicted molar refractivity (Wildman–Crippen MR) is 113 cm³/mol. The SMILES string of the molecule is CNC(=O)C1CN(CCc2ccccc2)CCN1C(=O)c1ccc(COC)cc1. The Kier molecular flexibility index (Phi) is 7.38. The number of carbonyl (C=O) groups excluding carboxylic acids is 2. The average molecular weight is 396 g/mol. The van der Waals surface area contributed by atoms with Crippen LogP contribution in [0.1, 0.15) is 21.5 Å². The standard InChI is InChI=1S/C23H29N3O3/c1-24-22(27)21-16-25(13-12-18-6-4-3-5-7-18)14-15-26(21)23(28)20-10-8-19(9-11-20)17-29-2/h3-11,21H,12-17H2,1-2H3,(H,24,27). The van der Waals surface area contributed by atoms with Crippen molar-refractivity contribution >= 4 is 11.8 Å². The number of nitrogens with one attached hydrogen (secondary N) is 1. The normalized spacial score (nSPS) is 17.2. The van der Waals surface area contributed by atoms with Gasteiger partial charge in [0, 0.05) is 45.9 Å². The van der Waals surface area contributed by atoms with Gasteiger partial charge in [-0.05, 0) is 29.7 Å². The maximum atomic E-state index is 13.1. The molecule has 1 atom stereocenters. The van der Waals surface area contributed by atoms with E-state index in [1.54, 1.807) is 31.2 Å². The number of methoxy groups -OCH3 is 1. The highest BCUT2D eigenvalue weighted by molar-refractivity contribution is 5.97. The molecule has 1 saturated heterocycles. The van der Waals surface area contributed by atoms with Gasteiger partial charge in [-0.3, -0.25) is 14.5 Å². The summed E-state index contributed by atoms with van der Waals surface area (Å²) in [6, 6.07) is 17.2. The lowest BCUT2D eigenvalue weighted by molar-refractivity contribution is -0.127. The van der Waals surface area contributed by atoms with Crippen molar-refractivity contribution in [3.63, 3.8) is 0 Å². The first-order valence-electron chi connectivity index (χ1n) is 9.99. The fourth-order valence-electron chi connectivity index (χ4n) is 3.68. The van der Waals surface area contributed by atoms with E-state index in [0.717, 1.165) is 25.1 Å². The van der Waals surface area contributed by atoms with Crippen molar-refractivity contribution in [2.75, 3.05) is 40.3 Å². The van der Waals surface area contributed by atoms with Crippen LogP contribution < -0.4 is 5.32 Å². The second-order valence-electron chi connectivity index (χ2n) is 7.29. The monoisotopic (exact) mass is 395 g/mol.